The minimum atomic E-state index is -0.383. The monoisotopic (exact) mass is 388 g/mol. The van der Waals surface area contributed by atoms with E-state index in [4.69, 9.17) is 0 Å². The summed E-state index contributed by atoms with van der Waals surface area (Å²) in [4.78, 5) is 38.7. The van der Waals surface area contributed by atoms with Crippen LogP contribution < -0.4 is 10.2 Å². The number of ether oxygens (including phenoxy) is 1. The van der Waals surface area contributed by atoms with E-state index in [-0.39, 0.29) is 17.8 Å². The van der Waals surface area contributed by atoms with Crippen LogP contribution in [0.2, 0.25) is 0 Å². The van der Waals surface area contributed by atoms with E-state index in [9.17, 15) is 14.4 Å². The molecular weight excluding hydrogens is 358 g/mol. The van der Waals surface area contributed by atoms with E-state index in [0.29, 0.717) is 25.2 Å². The van der Waals surface area contributed by atoms with Gasteiger partial charge >= 0.3 is 5.97 Å². The smallest absolute Gasteiger partial charge is 0.337 e. The van der Waals surface area contributed by atoms with Crippen LogP contribution in [0.1, 0.15) is 35.7 Å². The highest BCUT2D eigenvalue weighted by Gasteiger charge is 2.23. The maximum absolute atomic E-state index is 12.4. The third-order valence-corrected chi connectivity index (χ3v) is 4.80. The maximum Gasteiger partial charge on any atom is 0.337 e. The minimum absolute atomic E-state index is 0.0384. The lowest BCUT2D eigenvalue weighted by Gasteiger charge is -2.31. The second-order valence-electron chi connectivity index (χ2n) is 6.90. The molecule has 0 bridgehead atoms. The number of rotatable bonds is 8. The van der Waals surface area contributed by atoms with Crippen molar-refractivity contribution in [2.45, 2.75) is 19.8 Å². The Bertz CT molecular complexity index is 692. The molecular formula is C21H30N3O4+. The molecule has 2 amide bonds. The summed E-state index contributed by atoms with van der Waals surface area (Å²) in [5, 5.41) is 2.94. The highest BCUT2D eigenvalue weighted by molar-refractivity contribution is 5.92. The number of benzene rings is 1. The first-order valence-electron chi connectivity index (χ1n) is 9.79. The average molecular weight is 388 g/mol. The van der Waals surface area contributed by atoms with Crippen LogP contribution in [0.15, 0.2) is 30.3 Å². The number of hydrogen-bond donors (Lipinski definition) is 2. The Morgan fingerprint density at radius 3 is 2.46 bits per heavy atom. The van der Waals surface area contributed by atoms with Gasteiger partial charge < -0.3 is 19.9 Å². The predicted molar refractivity (Wildman–Crippen MR) is 107 cm³/mol. The van der Waals surface area contributed by atoms with Crippen LogP contribution in [0, 0.1) is 0 Å². The summed E-state index contributed by atoms with van der Waals surface area (Å²) in [7, 11) is 1.34. The molecule has 0 atom stereocenters. The van der Waals surface area contributed by atoms with E-state index in [1.165, 1.54) is 12.0 Å². The second kappa shape index (κ2) is 11.2. The van der Waals surface area contributed by atoms with Crippen molar-refractivity contribution >= 4 is 23.9 Å². The van der Waals surface area contributed by atoms with Gasteiger partial charge in [-0.15, -0.1) is 0 Å². The standard InChI is InChI=1S/C21H29N3O4/c1-3-4-11-22-19(25)16-23-12-14-24(15-13-23)20(26)10-7-17-5-8-18(9-6-17)21(27)28-2/h5-10H,3-4,11-16H2,1-2H3,(H,22,25)/p+1/b10-7+. The third kappa shape index (κ3) is 6.81. The normalized spacial score (nSPS) is 14.9. The van der Waals surface area contributed by atoms with E-state index in [1.807, 2.05) is 0 Å². The van der Waals surface area contributed by atoms with Crippen LogP contribution in [0.4, 0.5) is 0 Å². The lowest BCUT2D eigenvalue weighted by Crippen LogP contribution is -3.15. The molecule has 0 saturated carbocycles. The van der Waals surface area contributed by atoms with Crippen LogP contribution in [0.3, 0.4) is 0 Å². The van der Waals surface area contributed by atoms with Crippen molar-refractivity contribution in [3.8, 4) is 0 Å². The Morgan fingerprint density at radius 1 is 1.18 bits per heavy atom. The van der Waals surface area contributed by atoms with E-state index >= 15 is 0 Å². The molecule has 7 heteroatoms. The summed E-state index contributed by atoms with van der Waals surface area (Å²) in [5.41, 5.74) is 1.32. The van der Waals surface area contributed by atoms with E-state index in [2.05, 4.69) is 17.0 Å². The number of carbonyl (C=O) groups excluding carboxylic acids is 3. The summed E-state index contributed by atoms with van der Waals surface area (Å²) in [6.45, 7) is 6.12. The van der Waals surface area contributed by atoms with Gasteiger partial charge in [0.05, 0.1) is 38.9 Å². The summed E-state index contributed by atoms with van der Waals surface area (Å²) < 4.78 is 4.67. The number of nitrogens with one attached hydrogen (secondary N) is 2. The molecule has 152 valence electrons. The number of amides is 2. The molecule has 1 fully saturated rings. The molecule has 0 aliphatic carbocycles. The first-order valence-corrected chi connectivity index (χ1v) is 9.79. The first-order chi connectivity index (χ1) is 13.5. The van der Waals surface area contributed by atoms with Gasteiger partial charge in [-0.25, -0.2) is 4.79 Å². The molecule has 2 N–H and O–H groups in total. The van der Waals surface area contributed by atoms with E-state index in [1.54, 1.807) is 41.3 Å². The second-order valence-corrected chi connectivity index (χ2v) is 6.90. The van der Waals surface area contributed by atoms with Gasteiger partial charge in [0.1, 0.15) is 0 Å². The molecule has 1 heterocycles. The van der Waals surface area contributed by atoms with Crippen molar-refractivity contribution in [1.29, 1.82) is 0 Å². The Labute approximate surface area is 166 Å². The molecule has 1 saturated heterocycles. The number of quaternary nitrogens is 1. The number of unbranched alkanes of at least 4 members (excludes halogenated alkanes) is 1. The van der Waals surface area contributed by atoms with E-state index in [0.717, 1.165) is 38.0 Å². The molecule has 1 aromatic carbocycles. The van der Waals surface area contributed by atoms with Crippen molar-refractivity contribution in [3.05, 3.63) is 41.5 Å². The lowest BCUT2D eigenvalue weighted by molar-refractivity contribution is -0.896. The Morgan fingerprint density at radius 2 is 1.86 bits per heavy atom. The van der Waals surface area contributed by atoms with Crippen molar-refractivity contribution in [2.24, 2.45) is 0 Å². The Kier molecular flexibility index (Phi) is 8.68. The van der Waals surface area contributed by atoms with Gasteiger partial charge in [0.25, 0.3) is 5.91 Å². The maximum atomic E-state index is 12.4. The van der Waals surface area contributed by atoms with Gasteiger partial charge in [0.15, 0.2) is 6.54 Å². The van der Waals surface area contributed by atoms with Gasteiger partial charge in [-0.2, -0.15) is 0 Å². The van der Waals surface area contributed by atoms with Crippen molar-refractivity contribution in [3.63, 3.8) is 0 Å². The average Bonchev–Trinajstić information content (AvgIpc) is 2.72. The molecule has 0 unspecified atom stereocenters. The summed E-state index contributed by atoms with van der Waals surface area (Å²) in [6.07, 6.45) is 5.36. The summed E-state index contributed by atoms with van der Waals surface area (Å²) >= 11 is 0. The van der Waals surface area contributed by atoms with Crippen LogP contribution in [-0.2, 0) is 14.3 Å². The fraction of sp³-hybridized carbons (Fsp3) is 0.476. The van der Waals surface area contributed by atoms with Crippen LogP contribution in [0.5, 0.6) is 0 Å². The third-order valence-electron chi connectivity index (χ3n) is 4.80. The molecule has 28 heavy (non-hydrogen) atoms. The summed E-state index contributed by atoms with van der Waals surface area (Å²) in [5.74, 6) is -0.340. The van der Waals surface area contributed by atoms with Crippen molar-refractivity contribution in [2.75, 3.05) is 46.4 Å². The van der Waals surface area contributed by atoms with Gasteiger partial charge in [-0.1, -0.05) is 25.5 Å². The quantitative estimate of drug-likeness (QED) is 0.377. The molecule has 0 radical (unpaired) electrons. The van der Waals surface area contributed by atoms with Crippen LogP contribution in [-0.4, -0.2) is 69.1 Å². The zero-order chi connectivity index (χ0) is 20.4. The molecule has 7 nitrogen and oxygen atoms in total. The lowest BCUT2D eigenvalue weighted by atomic mass is 10.1. The number of nitrogens with zero attached hydrogens (tertiary/aromatic N) is 1. The molecule has 2 rings (SSSR count). The Hall–Kier alpha value is -2.67. The SMILES string of the molecule is CCCCNC(=O)C[NH+]1CCN(C(=O)/C=C/c2ccc(C(=O)OC)cc2)CC1. The Balaban J connectivity index is 1.76. The van der Waals surface area contributed by atoms with Gasteiger partial charge in [-0.3, -0.25) is 9.59 Å². The zero-order valence-electron chi connectivity index (χ0n) is 16.7. The molecule has 1 aromatic rings. The predicted octanol–water partition coefficient (Wildman–Crippen LogP) is 0.130. The fourth-order valence-electron chi connectivity index (χ4n) is 3.04. The molecule has 0 spiro atoms. The summed E-state index contributed by atoms with van der Waals surface area (Å²) in [6, 6.07) is 6.89. The van der Waals surface area contributed by atoms with Gasteiger partial charge in [-0.05, 0) is 30.2 Å². The highest BCUT2D eigenvalue weighted by atomic mass is 16.5. The first kappa shape index (κ1) is 21.6. The molecule has 1 aliphatic rings. The number of hydrogen-bond acceptors (Lipinski definition) is 4. The number of piperazine rings is 1. The van der Waals surface area contributed by atoms with Crippen molar-refractivity contribution in [1.82, 2.24) is 10.2 Å². The minimum Gasteiger partial charge on any atom is -0.465 e. The van der Waals surface area contributed by atoms with Gasteiger partial charge in [0.2, 0.25) is 5.91 Å². The highest BCUT2D eigenvalue weighted by Crippen LogP contribution is 2.08. The number of methoxy groups -OCH3 is 1. The zero-order valence-corrected chi connectivity index (χ0v) is 16.7. The van der Waals surface area contributed by atoms with Crippen LogP contribution in [0.25, 0.3) is 6.08 Å². The number of carbonyl (C=O) groups is 3. The fourth-order valence-corrected chi connectivity index (χ4v) is 3.04. The largest absolute Gasteiger partial charge is 0.465 e. The molecule has 0 aromatic heterocycles. The van der Waals surface area contributed by atoms with E-state index < -0.39 is 0 Å². The van der Waals surface area contributed by atoms with Crippen molar-refractivity contribution < 1.29 is 24.0 Å². The van der Waals surface area contributed by atoms with Crippen LogP contribution >= 0.6 is 0 Å². The van der Waals surface area contributed by atoms with Gasteiger partial charge in [0, 0.05) is 12.6 Å². The topological polar surface area (TPSA) is 80.2 Å². The number of esters is 1. The molecule has 1 aliphatic heterocycles.